The third-order valence-electron chi connectivity index (χ3n) is 4.30. The Bertz CT molecular complexity index is 1150. The first-order chi connectivity index (χ1) is 14.2. The molecular weight excluding hydrogens is 364 g/mol. The summed E-state index contributed by atoms with van der Waals surface area (Å²) >= 11 is 0. The van der Waals surface area contributed by atoms with E-state index in [0.717, 1.165) is 16.7 Å². The molecule has 1 N–H and O–H groups in total. The van der Waals surface area contributed by atoms with Crippen molar-refractivity contribution in [2.45, 2.75) is 0 Å². The monoisotopic (exact) mass is 382 g/mol. The number of aliphatic imine (C=N–C) groups is 1. The summed E-state index contributed by atoms with van der Waals surface area (Å²) in [4.78, 5) is 9.00. The summed E-state index contributed by atoms with van der Waals surface area (Å²) < 4.78 is 5.12. The van der Waals surface area contributed by atoms with Crippen molar-refractivity contribution in [3.05, 3.63) is 84.4 Å². The zero-order valence-electron chi connectivity index (χ0n) is 15.7. The van der Waals surface area contributed by atoms with E-state index in [0.29, 0.717) is 17.1 Å². The SMILES string of the molecule is COc1cc(/C=N/c2nnc(-c3ccccc3)c(-c3ccccc3)n2)ccc1O. The molecule has 142 valence electrons. The van der Waals surface area contributed by atoms with Crippen LogP contribution in [0.5, 0.6) is 11.5 Å². The van der Waals surface area contributed by atoms with E-state index >= 15 is 0 Å². The molecule has 4 rings (SSSR count). The first kappa shape index (κ1) is 18.3. The average molecular weight is 382 g/mol. The first-order valence-electron chi connectivity index (χ1n) is 9.01. The Kier molecular flexibility index (Phi) is 5.25. The normalized spacial score (nSPS) is 10.9. The third-order valence-corrected chi connectivity index (χ3v) is 4.30. The van der Waals surface area contributed by atoms with Gasteiger partial charge >= 0.3 is 0 Å². The van der Waals surface area contributed by atoms with Crippen LogP contribution in [0, 0.1) is 0 Å². The van der Waals surface area contributed by atoms with Crippen molar-refractivity contribution < 1.29 is 9.84 Å². The smallest absolute Gasteiger partial charge is 0.269 e. The lowest BCUT2D eigenvalue weighted by molar-refractivity contribution is 0.373. The Labute approximate surface area is 168 Å². The number of nitrogens with zero attached hydrogens (tertiary/aromatic N) is 4. The second-order valence-corrected chi connectivity index (χ2v) is 6.23. The van der Waals surface area contributed by atoms with Crippen LogP contribution >= 0.6 is 0 Å². The van der Waals surface area contributed by atoms with E-state index < -0.39 is 0 Å². The van der Waals surface area contributed by atoms with E-state index in [-0.39, 0.29) is 11.7 Å². The van der Waals surface area contributed by atoms with Crippen LogP contribution in [-0.2, 0) is 0 Å². The minimum Gasteiger partial charge on any atom is -0.504 e. The molecule has 0 aliphatic heterocycles. The van der Waals surface area contributed by atoms with E-state index in [1.165, 1.54) is 7.11 Å². The molecule has 0 bridgehead atoms. The summed E-state index contributed by atoms with van der Waals surface area (Å²) in [6.07, 6.45) is 1.61. The zero-order chi connectivity index (χ0) is 20.1. The molecule has 0 atom stereocenters. The highest BCUT2D eigenvalue weighted by atomic mass is 16.5. The van der Waals surface area contributed by atoms with Gasteiger partial charge in [0.15, 0.2) is 11.5 Å². The average Bonchev–Trinajstić information content (AvgIpc) is 2.79. The number of aromatic nitrogens is 3. The molecule has 0 unspecified atom stereocenters. The van der Waals surface area contributed by atoms with Crippen LogP contribution < -0.4 is 4.74 Å². The van der Waals surface area contributed by atoms with Crippen LogP contribution in [0.3, 0.4) is 0 Å². The molecule has 4 aromatic rings. The van der Waals surface area contributed by atoms with Gasteiger partial charge in [0.05, 0.1) is 7.11 Å². The van der Waals surface area contributed by atoms with Crippen LogP contribution in [0.1, 0.15) is 5.56 Å². The number of methoxy groups -OCH3 is 1. The fraction of sp³-hybridized carbons (Fsp3) is 0.0435. The maximum Gasteiger partial charge on any atom is 0.269 e. The van der Waals surface area contributed by atoms with Gasteiger partial charge < -0.3 is 9.84 Å². The minimum atomic E-state index is 0.0705. The standard InChI is InChI=1S/C23H18N4O2/c1-29-20-14-16(12-13-19(20)28)15-24-23-25-21(17-8-4-2-5-9-17)22(26-27-23)18-10-6-3-7-11-18/h2-15,28H,1H3/b24-15+. The number of hydrogen-bond acceptors (Lipinski definition) is 6. The molecule has 29 heavy (non-hydrogen) atoms. The Morgan fingerprint density at radius 1 is 0.828 bits per heavy atom. The molecule has 1 heterocycles. The van der Waals surface area contributed by atoms with Gasteiger partial charge in [-0.15, -0.1) is 10.2 Å². The van der Waals surface area contributed by atoms with Gasteiger partial charge in [0.1, 0.15) is 11.4 Å². The van der Waals surface area contributed by atoms with Crippen LogP contribution in [0.2, 0.25) is 0 Å². The molecule has 6 heteroatoms. The van der Waals surface area contributed by atoms with Gasteiger partial charge in [-0.25, -0.2) is 9.98 Å². The Morgan fingerprint density at radius 3 is 2.14 bits per heavy atom. The van der Waals surface area contributed by atoms with Crippen molar-refractivity contribution in [2.24, 2.45) is 4.99 Å². The summed E-state index contributed by atoms with van der Waals surface area (Å²) in [5.74, 6) is 0.689. The second kappa shape index (κ2) is 8.31. The summed E-state index contributed by atoms with van der Waals surface area (Å²) in [6.45, 7) is 0. The largest absolute Gasteiger partial charge is 0.504 e. The van der Waals surface area contributed by atoms with Crippen LogP contribution in [0.25, 0.3) is 22.5 Å². The highest BCUT2D eigenvalue weighted by Gasteiger charge is 2.13. The lowest BCUT2D eigenvalue weighted by Gasteiger charge is -2.08. The molecule has 0 amide bonds. The van der Waals surface area contributed by atoms with E-state index in [4.69, 9.17) is 4.74 Å². The lowest BCUT2D eigenvalue weighted by Crippen LogP contribution is -1.97. The summed E-state index contributed by atoms with van der Waals surface area (Å²) in [5.41, 5.74) is 4.02. The third kappa shape index (κ3) is 4.11. The van der Waals surface area contributed by atoms with Crippen molar-refractivity contribution in [3.63, 3.8) is 0 Å². The van der Waals surface area contributed by atoms with Crippen molar-refractivity contribution in [1.82, 2.24) is 15.2 Å². The quantitative estimate of drug-likeness (QED) is 0.507. The van der Waals surface area contributed by atoms with Gasteiger partial charge in [-0.2, -0.15) is 0 Å². The molecule has 3 aromatic carbocycles. The van der Waals surface area contributed by atoms with Gasteiger partial charge in [-0.3, -0.25) is 0 Å². The van der Waals surface area contributed by atoms with E-state index in [2.05, 4.69) is 20.2 Å². The number of phenols is 1. The summed E-state index contributed by atoms with van der Waals surface area (Å²) in [7, 11) is 1.50. The van der Waals surface area contributed by atoms with E-state index in [1.54, 1.807) is 24.4 Å². The number of aromatic hydroxyl groups is 1. The van der Waals surface area contributed by atoms with Crippen LogP contribution in [-0.4, -0.2) is 33.6 Å². The van der Waals surface area contributed by atoms with Crippen LogP contribution in [0.15, 0.2) is 83.9 Å². The van der Waals surface area contributed by atoms with Gasteiger partial charge in [-0.1, -0.05) is 60.7 Å². The van der Waals surface area contributed by atoms with Gasteiger partial charge in [0.2, 0.25) is 0 Å². The number of phenolic OH excluding ortho intramolecular Hbond substituents is 1. The molecule has 0 saturated carbocycles. The van der Waals surface area contributed by atoms with Crippen molar-refractivity contribution in [3.8, 4) is 34.0 Å². The highest BCUT2D eigenvalue weighted by molar-refractivity contribution is 5.83. The molecule has 0 fully saturated rings. The number of rotatable bonds is 5. The number of hydrogen-bond donors (Lipinski definition) is 1. The Balaban J connectivity index is 1.74. The fourth-order valence-corrected chi connectivity index (χ4v) is 2.87. The first-order valence-corrected chi connectivity index (χ1v) is 9.01. The van der Waals surface area contributed by atoms with E-state index in [9.17, 15) is 5.11 Å². The van der Waals surface area contributed by atoms with E-state index in [1.807, 2.05) is 60.7 Å². The van der Waals surface area contributed by atoms with Gasteiger partial charge in [0, 0.05) is 17.3 Å². The molecule has 0 spiro atoms. The minimum absolute atomic E-state index is 0.0705. The van der Waals surface area contributed by atoms with Crippen molar-refractivity contribution in [2.75, 3.05) is 7.11 Å². The molecule has 1 aromatic heterocycles. The zero-order valence-corrected chi connectivity index (χ0v) is 15.7. The number of benzene rings is 3. The topological polar surface area (TPSA) is 80.5 Å². The fourth-order valence-electron chi connectivity index (χ4n) is 2.87. The second-order valence-electron chi connectivity index (χ2n) is 6.23. The molecule has 0 aliphatic rings. The summed E-state index contributed by atoms with van der Waals surface area (Å²) in [5, 5.41) is 18.3. The van der Waals surface area contributed by atoms with Crippen LogP contribution in [0.4, 0.5) is 5.95 Å². The Hall–Kier alpha value is -4.06. The molecule has 0 radical (unpaired) electrons. The highest BCUT2D eigenvalue weighted by Crippen LogP contribution is 2.29. The maximum atomic E-state index is 9.72. The molecular formula is C23H18N4O2. The van der Waals surface area contributed by atoms with Crippen molar-refractivity contribution in [1.29, 1.82) is 0 Å². The number of ether oxygens (including phenoxy) is 1. The molecule has 6 nitrogen and oxygen atoms in total. The van der Waals surface area contributed by atoms with Gasteiger partial charge in [0.25, 0.3) is 5.95 Å². The summed E-state index contributed by atoms with van der Waals surface area (Å²) in [6, 6.07) is 24.6. The predicted octanol–water partition coefficient (Wildman–Crippen LogP) is 4.67. The maximum absolute atomic E-state index is 9.72. The van der Waals surface area contributed by atoms with Crippen molar-refractivity contribution >= 4 is 12.2 Å². The predicted molar refractivity (Wildman–Crippen MR) is 113 cm³/mol. The molecule has 0 aliphatic carbocycles. The molecule has 0 saturated heterocycles. The Morgan fingerprint density at radius 2 is 1.48 bits per heavy atom. The van der Waals surface area contributed by atoms with Gasteiger partial charge in [-0.05, 0) is 23.8 Å². The lowest BCUT2D eigenvalue weighted by atomic mass is 10.0.